The van der Waals surface area contributed by atoms with Gasteiger partial charge in [0.1, 0.15) is 19.3 Å². The minimum Gasteiger partial charge on any atom is -0.462 e. The number of hydrogen-bond donors (Lipinski definition) is 3. The van der Waals surface area contributed by atoms with Crippen LogP contribution in [0.3, 0.4) is 0 Å². The number of carbonyl (C=O) groups excluding carboxylic acids is 4. The van der Waals surface area contributed by atoms with Gasteiger partial charge in [-0.1, -0.05) is 336 Å². The van der Waals surface area contributed by atoms with Gasteiger partial charge in [-0.05, 0) is 31.6 Å². The lowest BCUT2D eigenvalue weighted by Crippen LogP contribution is -2.30. The van der Waals surface area contributed by atoms with Gasteiger partial charge >= 0.3 is 39.5 Å². The van der Waals surface area contributed by atoms with E-state index < -0.39 is 97.5 Å². The van der Waals surface area contributed by atoms with Crippen molar-refractivity contribution in [1.82, 2.24) is 0 Å². The Hall–Kier alpha value is -1.94. The number of aliphatic hydroxyl groups excluding tert-OH is 1. The summed E-state index contributed by atoms with van der Waals surface area (Å²) in [5.74, 6) is -1.42. The largest absolute Gasteiger partial charge is 0.472 e. The van der Waals surface area contributed by atoms with Crippen LogP contribution in [0.2, 0.25) is 0 Å². The molecule has 2 unspecified atom stereocenters. The summed E-state index contributed by atoms with van der Waals surface area (Å²) in [6, 6.07) is 0. The van der Waals surface area contributed by atoms with E-state index in [9.17, 15) is 43.2 Å². The monoisotopic (exact) mass is 1370 g/mol. The van der Waals surface area contributed by atoms with Crippen LogP contribution in [0.5, 0.6) is 0 Å². The van der Waals surface area contributed by atoms with Gasteiger partial charge < -0.3 is 33.8 Å². The first-order chi connectivity index (χ1) is 45.0. The van der Waals surface area contributed by atoms with Crippen molar-refractivity contribution in [2.45, 2.75) is 406 Å². The predicted molar refractivity (Wildman–Crippen MR) is 377 cm³/mol. The van der Waals surface area contributed by atoms with Crippen molar-refractivity contribution in [3.63, 3.8) is 0 Å². The highest BCUT2D eigenvalue weighted by molar-refractivity contribution is 7.47. The summed E-state index contributed by atoms with van der Waals surface area (Å²) in [5.41, 5.74) is 0. The molecule has 0 saturated carbocycles. The van der Waals surface area contributed by atoms with E-state index in [1.54, 1.807) is 0 Å². The van der Waals surface area contributed by atoms with E-state index in [2.05, 4.69) is 34.6 Å². The molecule has 19 heteroatoms. The van der Waals surface area contributed by atoms with Crippen LogP contribution < -0.4 is 0 Å². The Bertz CT molecular complexity index is 1790. The van der Waals surface area contributed by atoms with Crippen molar-refractivity contribution in [1.29, 1.82) is 0 Å². The first-order valence-electron chi connectivity index (χ1n) is 38.6. The Balaban J connectivity index is 5.17. The van der Waals surface area contributed by atoms with Crippen LogP contribution in [0.25, 0.3) is 0 Å². The molecule has 5 atom stereocenters. The highest BCUT2D eigenvalue weighted by atomic mass is 31.2. The number of unbranched alkanes of at least 4 members (excludes halogenated alkanes) is 46. The number of esters is 4. The van der Waals surface area contributed by atoms with Crippen molar-refractivity contribution >= 4 is 39.5 Å². The lowest BCUT2D eigenvalue weighted by Gasteiger charge is -2.21. The maximum Gasteiger partial charge on any atom is 0.472 e. The van der Waals surface area contributed by atoms with E-state index in [1.165, 1.54) is 212 Å². The molecule has 0 heterocycles. The van der Waals surface area contributed by atoms with E-state index >= 15 is 0 Å². The third-order valence-corrected chi connectivity index (χ3v) is 19.2. The van der Waals surface area contributed by atoms with E-state index in [-0.39, 0.29) is 25.7 Å². The zero-order valence-electron chi connectivity index (χ0n) is 60.4. The second-order valence-corrected chi connectivity index (χ2v) is 30.1. The fraction of sp³-hybridized carbons (Fsp3) is 0.946. The summed E-state index contributed by atoms with van der Waals surface area (Å²) in [4.78, 5) is 72.6. The summed E-state index contributed by atoms with van der Waals surface area (Å²) in [5, 5.41) is 10.6. The predicted octanol–water partition coefficient (Wildman–Crippen LogP) is 21.7. The zero-order valence-corrected chi connectivity index (χ0v) is 62.2. The van der Waals surface area contributed by atoms with Gasteiger partial charge in [0.15, 0.2) is 12.2 Å². The van der Waals surface area contributed by atoms with Crippen LogP contribution in [-0.2, 0) is 65.4 Å². The first kappa shape index (κ1) is 91.1. The van der Waals surface area contributed by atoms with E-state index in [1.807, 2.05) is 0 Å². The summed E-state index contributed by atoms with van der Waals surface area (Å²) in [6.07, 6.45) is 55.7. The third kappa shape index (κ3) is 68.4. The Morgan fingerprint density at radius 1 is 0.290 bits per heavy atom. The van der Waals surface area contributed by atoms with Gasteiger partial charge in [0, 0.05) is 25.7 Å². The van der Waals surface area contributed by atoms with Crippen LogP contribution in [0, 0.1) is 5.92 Å². The normalized spacial score (nSPS) is 14.0. The molecule has 0 aliphatic heterocycles. The second-order valence-electron chi connectivity index (χ2n) is 27.2. The van der Waals surface area contributed by atoms with Crippen molar-refractivity contribution in [3.8, 4) is 0 Å². The molecule has 0 radical (unpaired) electrons. The topological polar surface area (TPSA) is 237 Å². The SMILES string of the molecule is CCCCCCCCCCCCCCCCCCCCCCCC(=O)O[C@H](COC(=O)CCCCCCCCCCCCCCC)COP(=O)(O)OC[C@@H](O)COP(=O)(O)OC[C@@H](COC(=O)CCCCCCCCCCC)OC(=O)CCCCCCCCCC(C)C. The number of aliphatic hydroxyl groups is 1. The fourth-order valence-corrected chi connectivity index (χ4v) is 12.9. The Kier molecular flexibility index (Phi) is 65.9. The van der Waals surface area contributed by atoms with Crippen molar-refractivity contribution in [3.05, 3.63) is 0 Å². The molecule has 0 aliphatic carbocycles. The molecule has 0 aliphatic rings. The second kappa shape index (κ2) is 67.3. The third-order valence-electron chi connectivity index (χ3n) is 17.3. The maximum absolute atomic E-state index is 13.1. The lowest BCUT2D eigenvalue weighted by atomic mass is 10.0. The highest BCUT2D eigenvalue weighted by Gasteiger charge is 2.30. The van der Waals surface area contributed by atoms with Gasteiger partial charge in [0.2, 0.25) is 0 Å². The molecule has 0 amide bonds. The van der Waals surface area contributed by atoms with Crippen LogP contribution in [0.15, 0.2) is 0 Å². The van der Waals surface area contributed by atoms with E-state index in [0.717, 1.165) is 89.9 Å². The molecule has 0 aromatic rings. The number of hydrogen-bond acceptors (Lipinski definition) is 15. The minimum atomic E-state index is -4.95. The van der Waals surface area contributed by atoms with Crippen molar-refractivity contribution in [2.75, 3.05) is 39.6 Å². The molecule has 0 bridgehead atoms. The van der Waals surface area contributed by atoms with Gasteiger partial charge in [-0.3, -0.25) is 37.3 Å². The molecule has 17 nitrogen and oxygen atoms in total. The minimum absolute atomic E-state index is 0.104. The first-order valence-corrected chi connectivity index (χ1v) is 41.6. The summed E-state index contributed by atoms with van der Waals surface area (Å²) < 4.78 is 68.3. The highest BCUT2D eigenvalue weighted by Crippen LogP contribution is 2.45. The van der Waals surface area contributed by atoms with Crippen LogP contribution in [-0.4, -0.2) is 96.7 Å². The number of ether oxygens (including phenoxy) is 4. The summed E-state index contributed by atoms with van der Waals surface area (Å²) in [6.45, 7) is 7.19. The van der Waals surface area contributed by atoms with Gasteiger partial charge in [0.25, 0.3) is 0 Å². The van der Waals surface area contributed by atoms with Crippen molar-refractivity contribution < 1.29 is 80.2 Å². The summed E-state index contributed by atoms with van der Waals surface area (Å²) in [7, 11) is -9.90. The number of phosphoric acid groups is 2. The average Bonchev–Trinajstić information content (AvgIpc) is 3.12. The van der Waals surface area contributed by atoms with Crippen LogP contribution in [0.4, 0.5) is 0 Å². The Morgan fingerprint density at radius 2 is 0.495 bits per heavy atom. The Labute approximate surface area is 568 Å². The molecule has 93 heavy (non-hydrogen) atoms. The molecule has 0 aromatic carbocycles. The number of phosphoric ester groups is 2. The van der Waals surface area contributed by atoms with Gasteiger partial charge in [-0.2, -0.15) is 0 Å². The van der Waals surface area contributed by atoms with Crippen molar-refractivity contribution in [2.24, 2.45) is 5.92 Å². The standard InChI is InChI=1S/C74H144O17P2/c1-6-9-12-15-18-21-23-25-26-27-28-29-30-31-32-34-36-39-44-49-54-59-73(78)90-69(63-85-72(77)58-53-48-43-38-35-33-24-22-19-16-13-10-7-2)65-88-92(80,81)86-61-68(75)62-87-93(82,83)89-66-70(64-84-71(76)57-52-47-42-37-20-17-14-11-8-3)91-74(79)60-55-50-45-40-41-46-51-56-67(4)5/h67-70,75H,6-66H2,1-5H3,(H,80,81)(H,82,83)/t68-,69-,70-/m1/s1. The molecule has 0 fully saturated rings. The average molecular weight is 1370 g/mol. The summed E-state index contributed by atoms with van der Waals surface area (Å²) >= 11 is 0. The van der Waals surface area contributed by atoms with Gasteiger partial charge in [-0.25, -0.2) is 9.13 Å². The zero-order chi connectivity index (χ0) is 68.4. The molecular formula is C74H144O17P2. The van der Waals surface area contributed by atoms with E-state index in [4.69, 9.17) is 37.0 Å². The van der Waals surface area contributed by atoms with Crippen LogP contribution in [0.1, 0.15) is 388 Å². The molecule has 0 rings (SSSR count). The molecular weight excluding hydrogens is 1220 g/mol. The number of rotatable bonds is 74. The molecule has 3 N–H and O–H groups in total. The van der Waals surface area contributed by atoms with Crippen LogP contribution >= 0.6 is 15.6 Å². The van der Waals surface area contributed by atoms with E-state index in [0.29, 0.717) is 31.6 Å². The smallest absolute Gasteiger partial charge is 0.462 e. The lowest BCUT2D eigenvalue weighted by molar-refractivity contribution is -0.161. The van der Waals surface area contributed by atoms with Gasteiger partial charge in [0.05, 0.1) is 26.4 Å². The maximum atomic E-state index is 13.1. The van der Waals surface area contributed by atoms with Gasteiger partial charge in [-0.15, -0.1) is 0 Å². The molecule has 0 saturated heterocycles. The fourth-order valence-electron chi connectivity index (χ4n) is 11.4. The number of carbonyl (C=O) groups is 4. The molecule has 552 valence electrons. The molecule has 0 spiro atoms. The molecule has 0 aromatic heterocycles. The Morgan fingerprint density at radius 3 is 0.731 bits per heavy atom. The quantitative estimate of drug-likeness (QED) is 0.0222.